The van der Waals surface area contributed by atoms with Crippen LogP contribution < -0.4 is 41.1 Å². The van der Waals surface area contributed by atoms with Gasteiger partial charge in [0.05, 0.1) is 41.7 Å². The lowest BCUT2D eigenvalue weighted by Crippen LogP contribution is -2.54. The van der Waals surface area contributed by atoms with Crippen molar-refractivity contribution in [2.75, 3.05) is 105 Å². The molecule has 0 spiro atoms. The van der Waals surface area contributed by atoms with Crippen molar-refractivity contribution in [2.24, 2.45) is 13.0 Å². The summed E-state index contributed by atoms with van der Waals surface area (Å²) in [5.74, 6) is 3.00. The van der Waals surface area contributed by atoms with Crippen molar-refractivity contribution in [3.63, 3.8) is 0 Å². The minimum absolute atomic E-state index is 0.222. The number of anilines is 7. The van der Waals surface area contributed by atoms with Crippen molar-refractivity contribution in [3.05, 3.63) is 78.5 Å². The predicted molar refractivity (Wildman–Crippen MR) is 280 cm³/mol. The summed E-state index contributed by atoms with van der Waals surface area (Å²) < 4.78 is 21.5. The van der Waals surface area contributed by atoms with E-state index in [1.165, 1.54) is 6.20 Å². The van der Waals surface area contributed by atoms with Gasteiger partial charge in [-0.2, -0.15) is 10.1 Å². The number of aromatic nitrogens is 7. The van der Waals surface area contributed by atoms with Crippen molar-refractivity contribution in [1.82, 2.24) is 49.8 Å². The van der Waals surface area contributed by atoms with Crippen LogP contribution in [0.3, 0.4) is 0 Å². The van der Waals surface area contributed by atoms with E-state index >= 15 is 0 Å². The smallest absolute Gasteiger partial charge is 0.249 e. The Hall–Kier alpha value is -6.40. The van der Waals surface area contributed by atoms with E-state index in [2.05, 4.69) is 73.1 Å². The summed E-state index contributed by atoms with van der Waals surface area (Å²) in [6, 6.07) is 13.8. The number of carbonyl (C=O) groups excluding carboxylic acids is 2. The van der Waals surface area contributed by atoms with E-state index in [-0.39, 0.29) is 11.8 Å². The van der Waals surface area contributed by atoms with Crippen LogP contribution in [-0.4, -0.2) is 148 Å². The molecule has 4 saturated heterocycles. The molecule has 4 aromatic heterocycles. The van der Waals surface area contributed by atoms with Crippen molar-refractivity contribution >= 4 is 87.4 Å². The number of piperazine rings is 1. The maximum absolute atomic E-state index is 13.6. The highest BCUT2D eigenvalue weighted by Gasteiger charge is 2.32. The van der Waals surface area contributed by atoms with Gasteiger partial charge in [-0.05, 0) is 81.7 Å². The number of amides is 2. The number of halogens is 1. The maximum Gasteiger partial charge on any atom is 0.249 e. The number of hydrogen-bond donors (Lipinski definition) is 4. The first-order valence-corrected chi connectivity index (χ1v) is 27.4. The van der Waals surface area contributed by atoms with Gasteiger partial charge in [0.2, 0.25) is 17.8 Å². The van der Waals surface area contributed by atoms with Gasteiger partial charge in [0.1, 0.15) is 41.1 Å². The summed E-state index contributed by atoms with van der Waals surface area (Å²) in [5.41, 5.74) is 5.55. The lowest BCUT2D eigenvalue weighted by Gasteiger charge is -2.44. The molecular weight excluding hydrogens is 941 g/mol. The fourth-order valence-corrected chi connectivity index (χ4v) is 12.0. The molecule has 4 aliphatic heterocycles. The summed E-state index contributed by atoms with van der Waals surface area (Å²) in [6.45, 7) is 12.6. The number of nitrogens with one attached hydrogen (secondary N) is 4. The van der Waals surface area contributed by atoms with Crippen molar-refractivity contribution in [3.8, 4) is 16.9 Å². The molecule has 71 heavy (non-hydrogen) atoms. The first kappa shape index (κ1) is 48.2. The van der Waals surface area contributed by atoms with Crippen molar-refractivity contribution < 1.29 is 18.9 Å². The standard InChI is InChI=1S/C50H61ClN15O4P/c1-62-31-33(28-55-62)35-26-40(58-50-54-29-36(51)48(61-50)57-38-9-8-37-46(53-17-16-52-37)47(38)71(3,4)69)42(70-2)27-41(35)65-20-14-34(15-21-65)64-24-22-63(23-25-64)30-32-12-18-66(19-13-32)44-7-5-6-43(59-44)56-39-10-11-45(67)60-49(39)68/h5-9,16-17,26-29,31-32,34,39H,10-15,18-25,30H2,1-4H3,(H,56,59)(H,60,67,68)(H2,54,57,58,61). The largest absolute Gasteiger partial charge is 0.494 e. The minimum Gasteiger partial charge on any atom is -0.494 e. The SMILES string of the molecule is COc1cc(N2CCC(N3CCN(CC4CCN(c5cccc(NC6CCC(=O)NC6=O)n5)CC4)CC3)CC2)c(-c2cnn(C)c2)cc1Nc1ncc(Cl)c(Nc2ccc3nccnc3c2P(C)(C)=O)n1. The van der Waals surface area contributed by atoms with E-state index in [4.69, 9.17) is 26.3 Å². The fourth-order valence-electron chi connectivity index (χ4n) is 10.5. The fraction of sp³-hybridized carbons (Fsp3) is 0.440. The molecule has 0 bridgehead atoms. The molecule has 2 amide bonds. The van der Waals surface area contributed by atoms with Gasteiger partial charge in [0, 0.05) is 120 Å². The molecular formula is C50H61ClN15O4P. The van der Waals surface area contributed by atoms with E-state index in [1.807, 2.05) is 54.5 Å². The molecule has 1 atom stereocenters. The maximum atomic E-state index is 13.6. The molecule has 0 radical (unpaired) electrons. The lowest BCUT2D eigenvalue weighted by atomic mass is 9.95. The molecule has 4 aliphatic rings. The number of nitrogens with zero attached hydrogens (tertiary/aromatic N) is 11. The highest BCUT2D eigenvalue weighted by molar-refractivity contribution is 7.71. The Labute approximate surface area is 418 Å². The number of imide groups is 1. The third-order valence-electron chi connectivity index (χ3n) is 14.2. The summed E-state index contributed by atoms with van der Waals surface area (Å²) in [7, 11) is 0.762. The van der Waals surface area contributed by atoms with Crippen molar-refractivity contribution in [2.45, 2.75) is 50.6 Å². The van der Waals surface area contributed by atoms with Crippen LogP contribution in [-0.2, 0) is 21.2 Å². The minimum atomic E-state index is -2.83. The second kappa shape index (κ2) is 20.7. The number of fused-ring (bicyclic) bond motifs is 1. The Morgan fingerprint density at radius 3 is 2.35 bits per heavy atom. The first-order valence-electron chi connectivity index (χ1n) is 24.5. The number of ether oxygens (including phenoxy) is 1. The number of rotatable bonds is 14. The van der Waals surface area contributed by atoms with Crippen LogP contribution in [0.5, 0.6) is 5.75 Å². The number of hydrogen-bond acceptors (Lipinski definition) is 17. The average Bonchev–Trinajstić information content (AvgIpc) is 3.81. The molecule has 2 aromatic carbocycles. The lowest BCUT2D eigenvalue weighted by molar-refractivity contribution is -0.133. The third kappa shape index (κ3) is 10.9. The molecule has 372 valence electrons. The summed E-state index contributed by atoms with van der Waals surface area (Å²) in [4.78, 5) is 57.1. The number of aryl methyl sites for hydroxylation is 1. The average molecular weight is 1000 g/mol. The quantitative estimate of drug-likeness (QED) is 0.0695. The van der Waals surface area contributed by atoms with Gasteiger partial charge >= 0.3 is 0 Å². The third-order valence-corrected chi connectivity index (χ3v) is 16.0. The number of pyridine rings is 1. The van der Waals surface area contributed by atoms with Gasteiger partial charge in [0.25, 0.3) is 0 Å². The van der Waals surface area contributed by atoms with Crippen LogP contribution in [0.15, 0.2) is 73.4 Å². The topological polar surface area (TPSA) is 204 Å². The van der Waals surface area contributed by atoms with Gasteiger partial charge < -0.3 is 40.0 Å². The zero-order valence-corrected chi connectivity index (χ0v) is 42.3. The first-order chi connectivity index (χ1) is 34.3. The van der Waals surface area contributed by atoms with Crippen LogP contribution in [0.25, 0.3) is 22.2 Å². The molecule has 0 aliphatic carbocycles. The van der Waals surface area contributed by atoms with Crippen LogP contribution in [0.2, 0.25) is 5.02 Å². The van der Waals surface area contributed by atoms with E-state index in [9.17, 15) is 14.2 Å². The van der Waals surface area contributed by atoms with E-state index in [1.54, 1.807) is 32.8 Å². The molecule has 21 heteroatoms. The Bertz CT molecular complexity index is 2960. The number of carbonyl (C=O) groups is 2. The van der Waals surface area contributed by atoms with Gasteiger partial charge in [-0.25, -0.2) is 9.97 Å². The van der Waals surface area contributed by atoms with Crippen LogP contribution >= 0.6 is 18.7 Å². The molecule has 1 unspecified atom stereocenters. The Morgan fingerprint density at radius 2 is 1.62 bits per heavy atom. The Balaban J connectivity index is 0.752. The number of benzene rings is 2. The molecule has 4 N–H and O–H groups in total. The summed E-state index contributed by atoms with van der Waals surface area (Å²) in [6.07, 6.45) is 13.8. The second-order valence-corrected chi connectivity index (χ2v) is 22.9. The number of piperidine rings is 3. The summed E-state index contributed by atoms with van der Waals surface area (Å²) in [5, 5.41) is 17.7. The highest BCUT2D eigenvalue weighted by Crippen LogP contribution is 2.43. The molecule has 10 rings (SSSR count). The van der Waals surface area contributed by atoms with Crippen molar-refractivity contribution in [1.29, 1.82) is 0 Å². The Morgan fingerprint density at radius 1 is 0.845 bits per heavy atom. The van der Waals surface area contributed by atoms with Gasteiger partial charge in [-0.1, -0.05) is 17.7 Å². The normalized spacial score (nSPS) is 19.0. The molecule has 6 aromatic rings. The molecule has 19 nitrogen and oxygen atoms in total. The zero-order chi connectivity index (χ0) is 49.2. The predicted octanol–water partition coefficient (Wildman–Crippen LogP) is 6.33. The molecule has 4 fully saturated rings. The van der Waals surface area contributed by atoms with Gasteiger partial charge in [0.15, 0.2) is 5.82 Å². The Kier molecular flexibility index (Phi) is 14.1. The zero-order valence-electron chi connectivity index (χ0n) is 40.6. The number of methoxy groups -OCH3 is 1. The van der Waals surface area contributed by atoms with Gasteiger partial charge in [-0.3, -0.25) is 34.5 Å². The highest BCUT2D eigenvalue weighted by atomic mass is 35.5. The summed E-state index contributed by atoms with van der Waals surface area (Å²) >= 11 is 6.68. The van der Waals surface area contributed by atoms with Gasteiger partial charge in [-0.15, -0.1) is 0 Å². The van der Waals surface area contributed by atoms with E-state index in [0.29, 0.717) is 80.9 Å². The van der Waals surface area contributed by atoms with Crippen LogP contribution in [0, 0.1) is 5.92 Å². The molecule has 8 heterocycles. The van der Waals surface area contributed by atoms with E-state index in [0.717, 1.165) is 107 Å². The van der Waals surface area contributed by atoms with Crippen LogP contribution in [0.4, 0.5) is 40.5 Å². The molecule has 0 saturated carbocycles. The second-order valence-electron chi connectivity index (χ2n) is 19.4. The van der Waals surface area contributed by atoms with Crippen LogP contribution in [0.1, 0.15) is 38.5 Å². The van der Waals surface area contributed by atoms with E-state index < -0.39 is 13.2 Å². The monoisotopic (exact) mass is 1000 g/mol.